The van der Waals surface area contributed by atoms with Gasteiger partial charge in [-0.1, -0.05) is 30.7 Å². The first-order valence-corrected chi connectivity index (χ1v) is 6.25. The zero-order valence-electron chi connectivity index (χ0n) is 10.5. The number of nitrogens with zero attached hydrogens (tertiary/aromatic N) is 1. The molecule has 0 aromatic heterocycles. The zero-order valence-corrected chi connectivity index (χ0v) is 11.2. The minimum absolute atomic E-state index is 0.0730. The average Bonchev–Trinajstić information content (AvgIpc) is 2.72. The number of nitrogens with one attached hydrogen (secondary N) is 1. The van der Waals surface area contributed by atoms with E-state index in [4.69, 9.17) is 16.7 Å². The number of halogens is 1. The van der Waals surface area contributed by atoms with Crippen LogP contribution in [0, 0.1) is 0 Å². The van der Waals surface area contributed by atoms with Gasteiger partial charge in [-0.15, -0.1) is 0 Å². The van der Waals surface area contributed by atoms with Gasteiger partial charge in [0.15, 0.2) is 0 Å². The van der Waals surface area contributed by atoms with Crippen molar-refractivity contribution < 1.29 is 9.90 Å². The largest absolute Gasteiger partial charge is 0.465 e. The van der Waals surface area contributed by atoms with Crippen LogP contribution < -0.4 is 5.32 Å². The van der Waals surface area contributed by atoms with Gasteiger partial charge in [-0.05, 0) is 17.7 Å². The average molecular weight is 269 g/mol. The number of carboxylic acid groups (broad SMARTS) is 1. The lowest BCUT2D eigenvalue weighted by atomic mass is 9.78. The van der Waals surface area contributed by atoms with Crippen molar-refractivity contribution in [1.82, 2.24) is 10.2 Å². The van der Waals surface area contributed by atoms with Crippen LogP contribution in [0.25, 0.3) is 0 Å². The first kappa shape index (κ1) is 13.2. The topological polar surface area (TPSA) is 52.6 Å². The summed E-state index contributed by atoms with van der Waals surface area (Å²) in [6.07, 6.45) is -0.899. The quantitative estimate of drug-likeness (QED) is 0.864. The highest BCUT2D eigenvalue weighted by Gasteiger charge is 2.43. The summed E-state index contributed by atoms with van der Waals surface area (Å²) in [6.45, 7) is 3.51. The second-order valence-electron chi connectivity index (χ2n) is 4.96. The molecule has 1 amide bonds. The van der Waals surface area contributed by atoms with Crippen molar-refractivity contribution in [3.05, 3.63) is 34.9 Å². The molecular formula is C13H17ClN2O2. The molecule has 4 nitrogen and oxygen atoms in total. The smallest absolute Gasteiger partial charge is 0.407 e. The van der Waals surface area contributed by atoms with Crippen LogP contribution in [0.2, 0.25) is 5.02 Å². The lowest BCUT2D eigenvalue weighted by molar-refractivity contribution is 0.127. The molecule has 2 N–H and O–H groups in total. The Kier molecular flexibility index (Phi) is 3.50. The van der Waals surface area contributed by atoms with Crippen molar-refractivity contribution in [2.75, 3.05) is 20.1 Å². The molecule has 1 saturated heterocycles. The molecule has 1 aliphatic rings. The SMILES string of the molecule is CN(C(=O)O)[C@@H]1CNC[C@@]1(C)c1ccc(Cl)cc1. The number of benzene rings is 1. The fourth-order valence-corrected chi connectivity index (χ4v) is 2.76. The summed E-state index contributed by atoms with van der Waals surface area (Å²) in [4.78, 5) is 12.5. The van der Waals surface area contributed by atoms with Crippen molar-refractivity contribution in [3.8, 4) is 0 Å². The Morgan fingerprint density at radius 1 is 1.50 bits per heavy atom. The third-order valence-corrected chi connectivity index (χ3v) is 4.09. The lowest BCUT2D eigenvalue weighted by Crippen LogP contribution is -2.48. The Balaban J connectivity index is 2.33. The van der Waals surface area contributed by atoms with Crippen LogP contribution in [0.15, 0.2) is 24.3 Å². The molecule has 2 atom stereocenters. The van der Waals surface area contributed by atoms with Gasteiger partial charge in [-0.25, -0.2) is 4.79 Å². The summed E-state index contributed by atoms with van der Waals surface area (Å²) in [6, 6.07) is 7.56. The fourth-order valence-electron chi connectivity index (χ4n) is 2.63. The van der Waals surface area contributed by atoms with Crippen LogP contribution in [0.4, 0.5) is 4.79 Å². The first-order valence-electron chi connectivity index (χ1n) is 5.87. The summed E-state index contributed by atoms with van der Waals surface area (Å²) < 4.78 is 0. The molecule has 0 unspecified atom stereocenters. The molecule has 0 spiro atoms. The Bertz CT molecular complexity index is 449. The number of hydrogen-bond acceptors (Lipinski definition) is 2. The van der Waals surface area contributed by atoms with E-state index in [0.29, 0.717) is 11.6 Å². The van der Waals surface area contributed by atoms with E-state index < -0.39 is 6.09 Å². The molecule has 5 heteroatoms. The molecule has 1 aromatic carbocycles. The molecule has 0 bridgehead atoms. The lowest BCUT2D eigenvalue weighted by Gasteiger charge is -2.35. The summed E-state index contributed by atoms with van der Waals surface area (Å²) in [5.41, 5.74) is 0.882. The number of rotatable bonds is 2. The minimum atomic E-state index is -0.899. The molecule has 1 aromatic rings. The van der Waals surface area contributed by atoms with Crippen molar-refractivity contribution in [2.45, 2.75) is 18.4 Å². The molecule has 0 radical (unpaired) electrons. The number of hydrogen-bond donors (Lipinski definition) is 2. The van der Waals surface area contributed by atoms with Gasteiger partial charge in [0, 0.05) is 30.6 Å². The Morgan fingerprint density at radius 3 is 2.67 bits per heavy atom. The van der Waals surface area contributed by atoms with Gasteiger partial charge in [0.2, 0.25) is 0 Å². The Labute approximate surface area is 112 Å². The monoisotopic (exact) mass is 268 g/mol. The summed E-state index contributed by atoms with van der Waals surface area (Å²) in [7, 11) is 1.62. The maximum absolute atomic E-state index is 11.1. The Hall–Kier alpha value is -1.26. The van der Waals surface area contributed by atoms with E-state index >= 15 is 0 Å². The highest BCUT2D eigenvalue weighted by atomic mass is 35.5. The van der Waals surface area contributed by atoms with Crippen LogP contribution in [0.5, 0.6) is 0 Å². The van der Waals surface area contributed by atoms with E-state index in [-0.39, 0.29) is 11.5 Å². The van der Waals surface area contributed by atoms with Crippen molar-refractivity contribution >= 4 is 17.7 Å². The fraction of sp³-hybridized carbons (Fsp3) is 0.462. The van der Waals surface area contributed by atoms with Gasteiger partial charge >= 0.3 is 6.09 Å². The molecular weight excluding hydrogens is 252 g/mol. The van der Waals surface area contributed by atoms with Gasteiger partial charge < -0.3 is 15.3 Å². The molecule has 0 saturated carbocycles. The Morgan fingerprint density at radius 2 is 2.11 bits per heavy atom. The van der Waals surface area contributed by atoms with Crippen molar-refractivity contribution in [2.24, 2.45) is 0 Å². The van der Waals surface area contributed by atoms with Gasteiger partial charge in [0.1, 0.15) is 0 Å². The second kappa shape index (κ2) is 4.78. The molecule has 1 heterocycles. The van der Waals surface area contributed by atoms with Gasteiger partial charge in [0.25, 0.3) is 0 Å². The summed E-state index contributed by atoms with van der Waals surface area (Å²) in [5.74, 6) is 0. The first-order chi connectivity index (χ1) is 8.45. The molecule has 2 rings (SSSR count). The molecule has 1 aliphatic heterocycles. The number of likely N-dealkylation sites (N-methyl/N-ethyl adjacent to an activating group) is 1. The van der Waals surface area contributed by atoms with E-state index in [1.54, 1.807) is 7.05 Å². The van der Waals surface area contributed by atoms with E-state index in [9.17, 15) is 4.79 Å². The van der Waals surface area contributed by atoms with Crippen molar-refractivity contribution in [1.29, 1.82) is 0 Å². The standard InChI is InChI=1S/C13H17ClN2O2/c1-13(9-3-5-10(14)6-4-9)8-15-7-11(13)16(2)12(17)18/h3-6,11,15H,7-8H2,1-2H3,(H,17,18)/t11-,13+/m1/s1. The van der Waals surface area contributed by atoms with Crippen molar-refractivity contribution in [3.63, 3.8) is 0 Å². The third-order valence-electron chi connectivity index (χ3n) is 3.84. The predicted octanol–water partition coefficient (Wildman–Crippen LogP) is 2.18. The predicted molar refractivity (Wildman–Crippen MR) is 71.2 cm³/mol. The molecule has 98 valence electrons. The minimum Gasteiger partial charge on any atom is -0.465 e. The van der Waals surface area contributed by atoms with E-state index in [2.05, 4.69) is 12.2 Å². The van der Waals surface area contributed by atoms with Crippen LogP contribution in [0.3, 0.4) is 0 Å². The van der Waals surface area contributed by atoms with Crippen LogP contribution in [-0.4, -0.2) is 42.3 Å². The number of carbonyl (C=O) groups is 1. The maximum Gasteiger partial charge on any atom is 0.407 e. The normalized spacial score (nSPS) is 27.2. The van der Waals surface area contributed by atoms with Gasteiger partial charge in [-0.2, -0.15) is 0 Å². The second-order valence-corrected chi connectivity index (χ2v) is 5.40. The summed E-state index contributed by atoms with van der Waals surface area (Å²) >= 11 is 5.89. The van der Waals surface area contributed by atoms with Gasteiger partial charge in [0.05, 0.1) is 6.04 Å². The van der Waals surface area contributed by atoms with Crippen LogP contribution in [0.1, 0.15) is 12.5 Å². The highest BCUT2D eigenvalue weighted by molar-refractivity contribution is 6.30. The summed E-state index contributed by atoms with van der Waals surface area (Å²) in [5, 5.41) is 13.1. The van der Waals surface area contributed by atoms with E-state index in [1.165, 1.54) is 4.90 Å². The molecule has 18 heavy (non-hydrogen) atoms. The molecule has 1 fully saturated rings. The van der Waals surface area contributed by atoms with E-state index in [1.807, 2.05) is 24.3 Å². The third kappa shape index (κ3) is 2.18. The highest BCUT2D eigenvalue weighted by Crippen LogP contribution is 2.33. The maximum atomic E-state index is 11.1. The van der Waals surface area contributed by atoms with E-state index in [0.717, 1.165) is 12.1 Å². The molecule has 0 aliphatic carbocycles. The van der Waals surface area contributed by atoms with Gasteiger partial charge in [-0.3, -0.25) is 0 Å². The zero-order chi connectivity index (χ0) is 13.3. The van der Waals surface area contributed by atoms with Crippen LogP contribution in [-0.2, 0) is 5.41 Å². The number of amides is 1. The van der Waals surface area contributed by atoms with Crippen LogP contribution >= 0.6 is 11.6 Å².